The van der Waals surface area contributed by atoms with Crippen molar-refractivity contribution in [2.24, 2.45) is 11.1 Å². The molecule has 1 amide bonds. The van der Waals surface area contributed by atoms with Gasteiger partial charge in [-0.25, -0.2) is 0 Å². The number of nitrogens with two attached hydrogens (primary N) is 1. The first-order valence-corrected chi connectivity index (χ1v) is 6.63. The van der Waals surface area contributed by atoms with Crippen LogP contribution in [0.2, 0.25) is 0 Å². The van der Waals surface area contributed by atoms with Gasteiger partial charge in [0.2, 0.25) is 5.91 Å². The summed E-state index contributed by atoms with van der Waals surface area (Å²) in [6.07, 6.45) is 4.76. The SMILES string of the molecule is CN(C)CCCCNC(=O)C1(C(N)=S)CCC1. The molecular formula is C12H23N3OS. The van der Waals surface area contributed by atoms with E-state index >= 15 is 0 Å². The topological polar surface area (TPSA) is 58.4 Å². The fourth-order valence-electron chi connectivity index (χ4n) is 2.04. The average Bonchev–Trinajstić information content (AvgIpc) is 2.14. The second-order valence-corrected chi connectivity index (χ2v) is 5.51. The van der Waals surface area contributed by atoms with Crippen LogP contribution in [0.15, 0.2) is 0 Å². The third kappa shape index (κ3) is 3.64. The quantitative estimate of drug-likeness (QED) is 0.525. The van der Waals surface area contributed by atoms with E-state index in [4.69, 9.17) is 18.0 Å². The fraction of sp³-hybridized carbons (Fsp3) is 0.833. The highest BCUT2D eigenvalue weighted by molar-refractivity contribution is 7.80. The van der Waals surface area contributed by atoms with Gasteiger partial charge < -0.3 is 16.0 Å². The zero-order valence-electron chi connectivity index (χ0n) is 10.8. The molecule has 17 heavy (non-hydrogen) atoms. The van der Waals surface area contributed by atoms with Gasteiger partial charge in [-0.15, -0.1) is 0 Å². The molecule has 1 rings (SSSR count). The molecule has 3 N–H and O–H groups in total. The first-order chi connectivity index (χ1) is 7.99. The van der Waals surface area contributed by atoms with Gasteiger partial charge in [-0.3, -0.25) is 4.79 Å². The normalized spacial score (nSPS) is 17.6. The van der Waals surface area contributed by atoms with E-state index in [0.29, 0.717) is 4.99 Å². The van der Waals surface area contributed by atoms with E-state index in [2.05, 4.69) is 24.3 Å². The van der Waals surface area contributed by atoms with Gasteiger partial charge in [0.25, 0.3) is 0 Å². The third-order valence-corrected chi connectivity index (χ3v) is 3.82. The first kappa shape index (κ1) is 14.4. The van der Waals surface area contributed by atoms with Crippen LogP contribution in [0, 0.1) is 5.41 Å². The minimum Gasteiger partial charge on any atom is -0.392 e. The Hall–Kier alpha value is -0.680. The molecule has 0 unspecified atom stereocenters. The van der Waals surface area contributed by atoms with E-state index in [9.17, 15) is 4.79 Å². The van der Waals surface area contributed by atoms with Crippen molar-refractivity contribution in [3.05, 3.63) is 0 Å². The van der Waals surface area contributed by atoms with Gasteiger partial charge in [0.15, 0.2) is 0 Å². The molecule has 98 valence electrons. The maximum Gasteiger partial charge on any atom is 0.233 e. The molecule has 0 aromatic heterocycles. The van der Waals surface area contributed by atoms with Gasteiger partial charge in [0, 0.05) is 6.54 Å². The van der Waals surface area contributed by atoms with Gasteiger partial charge in [-0.1, -0.05) is 18.6 Å². The number of nitrogens with one attached hydrogen (secondary N) is 1. The van der Waals surface area contributed by atoms with Crippen molar-refractivity contribution in [3.63, 3.8) is 0 Å². The highest BCUT2D eigenvalue weighted by Gasteiger charge is 2.46. The lowest BCUT2D eigenvalue weighted by atomic mass is 9.68. The van der Waals surface area contributed by atoms with E-state index in [1.165, 1.54) is 0 Å². The average molecular weight is 257 g/mol. The summed E-state index contributed by atoms with van der Waals surface area (Å²) in [5, 5.41) is 2.96. The number of carbonyl (C=O) groups excluding carboxylic acids is 1. The zero-order valence-corrected chi connectivity index (χ0v) is 11.6. The minimum atomic E-state index is -0.531. The number of nitrogens with zero attached hydrogens (tertiary/aromatic N) is 1. The van der Waals surface area contributed by atoms with Crippen molar-refractivity contribution in [2.75, 3.05) is 27.2 Å². The van der Waals surface area contributed by atoms with Crippen LogP contribution in [0.3, 0.4) is 0 Å². The number of hydrogen-bond donors (Lipinski definition) is 2. The third-order valence-electron chi connectivity index (χ3n) is 3.43. The molecule has 1 fully saturated rings. The van der Waals surface area contributed by atoms with Crippen molar-refractivity contribution in [1.82, 2.24) is 10.2 Å². The monoisotopic (exact) mass is 257 g/mol. The summed E-state index contributed by atoms with van der Waals surface area (Å²) >= 11 is 5.00. The van der Waals surface area contributed by atoms with Crippen LogP contribution in [0.5, 0.6) is 0 Å². The number of unbranched alkanes of at least 4 members (excludes halogenated alkanes) is 1. The van der Waals surface area contributed by atoms with E-state index in [0.717, 1.165) is 45.2 Å². The van der Waals surface area contributed by atoms with Crippen LogP contribution in [0.4, 0.5) is 0 Å². The summed E-state index contributed by atoms with van der Waals surface area (Å²) < 4.78 is 0. The van der Waals surface area contributed by atoms with Crippen molar-refractivity contribution in [3.8, 4) is 0 Å². The Kier molecular flexibility index (Phi) is 5.33. The second kappa shape index (κ2) is 6.31. The summed E-state index contributed by atoms with van der Waals surface area (Å²) in [6, 6.07) is 0. The first-order valence-electron chi connectivity index (χ1n) is 6.22. The number of rotatable bonds is 7. The summed E-state index contributed by atoms with van der Waals surface area (Å²) in [4.78, 5) is 14.5. The molecule has 0 aromatic carbocycles. The summed E-state index contributed by atoms with van der Waals surface area (Å²) in [5.41, 5.74) is 5.14. The molecule has 0 saturated heterocycles. The van der Waals surface area contributed by atoms with Crippen LogP contribution >= 0.6 is 12.2 Å². The Morgan fingerprint density at radius 3 is 2.47 bits per heavy atom. The Labute approximate surface area is 109 Å². The predicted octanol–water partition coefficient (Wildman–Crippen LogP) is 0.901. The van der Waals surface area contributed by atoms with Crippen molar-refractivity contribution < 1.29 is 4.79 Å². The summed E-state index contributed by atoms with van der Waals surface area (Å²) in [7, 11) is 4.10. The Morgan fingerprint density at radius 1 is 1.41 bits per heavy atom. The molecule has 0 atom stereocenters. The molecule has 0 bridgehead atoms. The lowest BCUT2D eigenvalue weighted by molar-refractivity contribution is -0.130. The van der Waals surface area contributed by atoms with Gasteiger partial charge in [-0.05, 0) is 46.3 Å². The lowest BCUT2D eigenvalue weighted by Gasteiger charge is -2.39. The minimum absolute atomic E-state index is 0.0288. The maximum absolute atomic E-state index is 12.0. The molecule has 0 aliphatic heterocycles. The number of hydrogen-bond acceptors (Lipinski definition) is 3. The van der Waals surface area contributed by atoms with E-state index in [-0.39, 0.29) is 5.91 Å². The Bertz CT molecular complexity index is 287. The fourth-order valence-corrected chi connectivity index (χ4v) is 2.34. The largest absolute Gasteiger partial charge is 0.392 e. The Morgan fingerprint density at radius 2 is 2.06 bits per heavy atom. The Balaban J connectivity index is 2.23. The van der Waals surface area contributed by atoms with Gasteiger partial charge in [0.1, 0.15) is 0 Å². The summed E-state index contributed by atoms with van der Waals surface area (Å²) in [6.45, 7) is 1.77. The van der Waals surface area contributed by atoms with E-state index < -0.39 is 5.41 Å². The molecule has 1 aliphatic rings. The van der Waals surface area contributed by atoms with E-state index in [1.807, 2.05) is 0 Å². The van der Waals surface area contributed by atoms with E-state index in [1.54, 1.807) is 0 Å². The van der Waals surface area contributed by atoms with Crippen LogP contribution in [-0.2, 0) is 4.79 Å². The predicted molar refractivity (Wildman–Crippen MR) is 73.9 cm³/mol. The number of thiocarbonyl (C=S) groups is 1. The highest BCUT2D eigenvalue weighted by Crippen LogP contribution is 2.41. The smallest absolute Gasteiger partial charge is 0.233 e. The summed E-state index contributed by atoms with van der Waals surface area (Å²) in [5.74, 6) is 0.0288. The zero-order chi connectivity index (χ0) is 12.9. The van der Waals surface area contributed by atoms with Crippen LogP contribution in [0.1, 0.15) is 32.1 Å². The van der Waals surface area contributed by atoms with Crippen LogP contribution in [0.25, 0.3) is 0 Å². The molecular weight excluding hydrogens is 234 g/mol. The molecule has 5 heteroatoms. The maximum atomic E-state index is 12.0. The van der Waals surface area contributed by atoms with Gasteiger partial charge >= 0.3 is 0 Å². The number of amides is 1. The molecule has 0 aromatic rings. The van der Waals surface area contributed by atoms with Crippen molar-refractivity contribution in [2.45, 2.75) is 32.1 Å². The molecule has 1 aliphatic carbocycles. The molecule has 0 spiro atoms. The van der Waals surface area contributed by atoms with Crippen LogP contribution < -0.4 is 11.1 Å². The standard InChI is InChI=1S/C12H23N3OS/c1-15(2)9-4-3-8-14-11(16)12(10(13)17)6-5-7-12/h3-9H2,1-2H3,(H2,13,17)(H,14,16). The lowest BCUT2D eigenvalue weighted by Crippen LogP contribution is -2.53. The van der Waals surface area contributed by atoms with Crippen molar-refractivity contribution >= 4 is 23.1 Å². The highest BCUT2D eigenvalue weighted by atomic mass is 32.1. The molecule has 0 heterocycles. The van der Waals surface area contributed by atoms with Gasteiger partial charge in [0.05, 0.1) is 10.4 Å². The van der Waals surface area contributed by atoms with Gasteiger partial charge in [-0.2, -0.15) is 0 Å². The number of carbonyl (C=O) groups is 1. The second-order valence-electron chi connectivity index (χ2n) is 5.07. The molecule has 4 nitrogen and oxygen atoms in total. The van der Waals surface area contributed by atoms with Crippen LogP contribution in [-0.4, -0.2) is 43.0 Å². The molecule has 0 radical (unpaired) electrons. The van der Waals surface area contributed by atoms with Crippen molar-refractivity contribution in [1.29, 1.82) is 0 Å². The molecule has 1 saturated carbocycles.